The van der Waals surface area contributed by atoms with Crippen molar-refractivity contribution in [3.63, 3.8) is 0 Å². The van der Waals surface area contributed by atoms with Crippen molar-refractivity contribution in [2.45, 2.75) is 71.1 Å². The minimum absolute atomic E-state index is 0.0213. The number of nitrogens with two attached hydrogens (primary N) is 1. The van der Waals surface area contributed by atoms with Gasteiger partial charge in [-0.25, -0.2) is 4.98 Å². The summed E-state index contributed by atoms with van der Waals surface area (Å²) in [5.74, 6) is -0.455. The molecule has 1 heterocycles. The summed E-state index contributed by atoms with van der Waals surface area (Å²) < 4.78 is 5.88. The van der Waals surface area contributed by atoms with Crippen molar-refractivity contribution in [3.05, 3.63) is 23.9 Å². The molecule has 0 radical (unpaired) electrons. The van der Waals surface area contributed by atoms with Gasteiger partial charge in [0.2, 0.25) is 18.2 Å². The van der Waals surface area contributed by atoms with Gasteiger partial charge in [-0.1, -0.05) is 20.8 Å². The fourth-order valence-corrected chi connectivity index (χ4v) is 4.71. The Kier molecular flexibility index (Phi) is 6.17. The average molecular weight is 417 g/mol. The molecule has 0 unspecified atom stereocenters. The van der Waals surface area contributed by atoms with Crippen LogP contribution in [0.25, 0.3) is 0 Å². The Morgan fingerprint density at radius 1 is 1.37 bits per heavy atom. The van der Waals surface area contributed by atoms with Gasteiger partial charge < -0.3 is 15.8 Å². The smallest absolute Gasteiger partial charge is 0.254 e. The van der Waals surface area contributed by atoms with Crippen LogP contribution in [-0.2, 0) is 9.59 Å². The number of pyridine rings is 1. The first-order chi connectivity index (χ1) is 14.1. The summed E-state index contributed by atoms with van der Waals surface area (Å²) in [5.41, 5.74) is 5.73. The predicted octanol–water partition coefficient (Wildman–Crippen LogP) is 1.88. The molecule has 1 spiro atoms. The Morgan fingerprint density at radius 3 is 2.57 bits per heavy atom. The Hall–Kier alpha value is -2.48. The van der Waals surface area contributed by atoms with Gasteiger partial charge in [-0.3, -0.25) is 19.3 Å². The molecule has 0 saturated heterocycles. The number of imide groups is 1. The Bertz CT molecular complexity index is 806. The molecule has 2 fully saturated rings. The van der Waals surface area contributed by atoms with Gasteiger partial charge in [-0.05, 0) is 62.1 Å². The highest BCUT2D eigenvalue weighted by atomic mass is 16.5. The van der Waals surface area contributed by atoms with Crippen molar-refractivity contribution in [2.75, 3.05) is 7.05 Å². The van der Waals surface area contributed by atoms with Gasteiger partial charge in [-0.15, -0.1) is 0 Å². The van der Waals surface area contributed by atoms with Crippen LogP contribution >= 0.6 is 0 Å². The van der Waals surface area contributed by atoms with Gasteiger partial charge in [0.15, 0.2) is 0 Å². The summed E-state index contributed by atoms with van der Waals surface area (Å²) in [6.45, 7) is 6.23. The van der Waals surface area contributed by atoms with E-state index in [1.165, 1.54) is 4.90 Å². The number of hydrogen-bond donors (Lipinski definition) is 2. The molecule has 1 atom stereocenters. The highest BCUT2D eigenvalue weighted by Gasteiger charge is 2.56. The normalized spacial score (nSPS) is 26.3. The Morgan fingerprint density at radius 2 is 2.03 bits per heavy atom. The second kappa shape index (κ2) is 8.34. The summed E-state index contributed by atoms with van der Waals surface area (Å²) in [7, 11) is 1.76. The van der Waals surface area contributed by atoms with E-state index in [9.17, 15) is 14.4 Å². The lowest BCUT2D eigenvalue weighted by atomic mass is 9.52. The monoisotopic (exact) mass is 416 g/mol. The number of nitrogens with zero attached hydrogens (tertiary/aromatic N) is 2. The van der Waals surface area contributed by atoms with Gasteiger partial charge in [0.25, 0.3) is 5.91 Å². The third-order valence-corrected chi connectivity index (χ3v) is 6.20. The second-order valence-electron chi connectivity index (χ2n) is 9.89. The minimum Gasteiger partial charge on any atom is -0.474 e. The molecule has 0 bridgehead atoms. The number of hydrogen-bond acceptors (Lipinski definition) is 6. The van der Waals surface area contributed by atoms with Crippen LogP contribution in [0.2, 0.25) is 0 Å². The quantitative estimate of drug-likeness (QED) is 0.626. The fraction of sp³-hybridized carbons (Fsp3) is 0.636. The van der Waals surface area contributed by atoms with Gasteiger partial charge in [0, 0.05) is 12.2 Å². The lowest BCUT2D eigenvalue weighted by Gasteiger charge is -2.58. The molecular formula is C22H32N4O4. The van der Waals surface area contributed by atoms with Crippen LogP contribution in [0.4, 0.5) is 0 Å². The van der Waals surface area contributed by atoms with Crippen LogP contribution in [-0.4, -0.2) is 53.3 Å². The molecule has 3 rings (SSSR count). The number of carbonyl (C=O) groups is 3. The largest absolute Gasteiger partial charge is 0.474 e. The molecule has 8 nitrogen and oxygen atoms in total. The van der Waals surface area contributed by atoms with Crippen LogP contribution in [0.1, 0.15) is 63.2 Å². The number of aromatic nitrogens is 1. The van der Waals surface area contributed by atoms with Crippen LogP contribution in [0.15, 0.2) is 18.3 Å². The lowest BCUT2D eigenvalue weighted by Crippen LogP contribution is -2.61. The first kappa shape index (κ1) is 22.2. The van der Waals surface area contributed by atoms with E-state index < -0.39 is 5.91 Å². The Balaban J connectivity index is 1.54. The van der Waals surface area contributed by atoms with E-state index in [2.05, 4.69) is 31.1 Å². The van der Waals surface area contributed by atoms with Gasteiger partial charge in [0.1, 0.15) is 11.7 Å². The SMILES string of the molecule is CN[C@@H](CC(C)(C)C)C(=O)N(C=O)[C@H]1CC2(C[C@H](Oc3ncccc3C(N)=O)C2)C1. The summed E-state index contributed by atoms with van der Waals surface area (Å²) in [4.78, 5) is 41.6. The number of primary amides is 1. The lowest BCUT2D eigenvalue weighted by molar-refractivity contribution is -0.157. The third kappa shape index (κ3) is 4.64. The van der Waals surface area contributed by atoms with Gasteiger partial charge in [-0.2, -0.15) is 0 Å². The predicted molar refractivity (Wildman–Crippen MR) is 112 cm³/mol. The number of ether oxygens (including phenoxy) is 1. The highest BCUT2D eigenvalue weighted by Crippen LogP contribution is 2.58. The van der Waals surface area contributed by atoms with Crippen LogP contribution in [0.5, 0.6) is 5.88 Å². The zero-order valence-corrected chi connectivity index (χ0v) is 18.2. The molecule has 3 amide bonds. The summed E-state index contributed by atoms with van der Waals surface area (Å²) >= 11 is 0. The number of rotatable bonds is 8. The zero-order valence-electron chi connectivity index (χ0n) is 18.2. The number of likely N-dealkylation sites (N-methyl/N-ethyl adjacent to an activating group) is 1. The van der Waals surface area contributed by atoms with E-state index in [0.717, 1.165) is 25.7 Å². The number of nitrogens with one attached hydrogen (secondary N) is 1. The molecule has 8 heteroatoms. The molecule has 2 aliphatic carbocycles. The summed E-state index contributed by atoms with van der Waals surface area (Å²) in [5, 5.41) is 3.06. The topological polar surface area (TPSA) is 115 Å². The molecular weight excluding hydrogens is 384 g/mol. The van der Waals surface area contributed by atoms with Crippen molar-refractivity contribution < 1.29 is 19.1 Å². The second-order valence-corrected chi connectivity index (χ2v) is 9.89. The molecule has 2 aliphatic rings. The molecule has 1 aromatic heterocycles. The van der Waals surface area contributed by atoms with Gasteiger partial charge in [0.05, 0.1) is 6.04 Å². The molecule has 0 aromatic carbocycles. The molecule has 164 valence electrons. The fourth-order valence-electron chi connectivity index (χ4n) is 4.71. The first-order valence-corrected chi connectivity index (χ1v) is 10.4. The van der Waals surface area contributed by atoms with Crippen LogP contribution in [0, 0.1) is 10.8 Å². The maximum absolute atomic E-state index is 12.9. The van der Waals surface area contributed by atoms with E-state index in [0.29, 0.717) is 12.8 Å². The van der Waals surface area contributed by atoms with Crippen LogP contribution < -0.4 is 15.8 Å². The van der Waals surface area contributed by atoms with Crippen molar-refractivity contribution in [2.24, 2.45) is 16.6 Å². The summed E-state index contributed by atoms with van der Waals surface area (Å²) in [6.07, 6.45) is 6.07. The molecule has 0 aliphatic heterocycles. The summed E-state index contributed by atoms with van der Waals surface area (Å²) in [6, 6.07) is 2.81. The highest BCUT2D eigenvalue weighted by molar-refractivity contribution is 5.95. The minimum atomic E-state index is -0.565. The Labute approximate surface area is 177 Å². The first-order valence-electron chi connectivity index (χ1n) is 10.4. The standard InChI is InChI=1S/C22H32N4O4/c1-21(2,3)12-17(24-4)20(29)26(13-27)14-8-22(9-14)10-15(11-22)30-19-16(18(23)28)6-5-7-25-19/h5-7,13-15,17,24H,8-12H2,1-4H3,(H2,23,28)/t14-,15-,17-,22?/m0/s1. The van der Waals surface area contributed by atoms with E-state index in [1.54, 1.807) is 25.4 Å². The molecule has 1 aromatic rings. The molecule has 3 N–H and O–H groups in total. The van der Waals surface area contributed by atoms with E-state index in [4.69, 9.17) is 10.5 Å². The maximum Gasteiger partial charge on any atom is 0.254 e. The van der Waals surface area contributed by atoms with Crippen LogP contribution in [0.3, 0.4) is 0 Å². The third-order valence-electron chi connectivity index (χ3n) is 6.20. The number of amides is 3. The molecule has 30 heavy (non-hydrogen) atoms. The van der Waals surface area contributed by atoms with E-state index in [-0.39, 0.29) is 46.4 Å². The van der Waals surface area contributed by atoms with Crippen molar-refractivity contribution in [3.8, 4) is 5.88 Å². The van der Waals surface area contributed by atoms with Crippen molar-refractivity contribution in [1.82, 2.24) is 15.2 Å². The number of carbonyl (C=O) groups excluding carboxylic acids is 3. The van der Waals surface area contributed by atoms with Crippen molar-refractivity contribution in [1.29, 1.82) is 0 Å². The average Bonchev–Trinajstić information content (AvgIpc) is 2.61. The maximum atomic E-state index is 12.9. The van der Waals surface area contributed by atoms with Gasteiger partial charge >= 0.3 is 0 Å². The van der Waals surface area contributed by atoms with Crippen molar-refractivity contribution >= 4 is 18.2 Å². The van der Waals surface area contributed by atoms with E-state index >= 15 is 0 Å². The van der Waals surface area contributed by atoms with E-state index in [1.807, 2.05) is 0 Å². The zero-order chi connectivity index (χ0) is 22.1. The molecule has 2 saturated carbocycles.